The highest BCUT2D eigenvalue weighted by Crippen LogP contribution is 2.31. The molecule has 2 aromatic rings. The minimum atomic E-state index is 0.639. The van der Waals surface area contributed by atoms with Crippen molar-refractivity contribution in [3.8, 4) is 11.1 Å². The Kier molecular flexibility index (Phi) is 11.0. The van der Waals surface area contributed by atoms with E-state index in [2.05, 4.69) is 81.0 Å². The topological polar surface area (TPSA) is 20.3 Å². The van der Waals surface area contributed by atoms with Gasteiger partial charge >= 0.3 is 0 Å². The predicted octanol–water partition coefficient (Wildman–Crippen LogP) is 7.13. The van der Waals surface area contributed by atoms with Crippen molar-refractivity contribution >= 4 is 12.4 Å². The van der Waals surface area contributed by atoms with Crippen molar-refractivity contribution in [2.75, 3.05) is 20.6 Å². The summed E-state index contributed by atoms with van der Waals surface area (Å²) in [4.78, 5) is 11.3. The van der Waals surface area contributed by atoms with Crippen LogP contribution >= 0.6 is 0 Å². The van der Waals surface area contributed by atoms with Crippen LogP contribution in [0.5, 0.6) is 0 Å². The molecule has 31 heavy (non-hydrogen) atoms. The summed E-state index contributed by atoms with van der Waals surface area (Å²) in [6.45, 7) is 6.54. The van der Waals surface area contributed by atoms with E-state index >= 15 is 0 Å². The molecule has 1 aliphatic rings. The van der Waals surface area contributed by atoms with E-state index in [0.29, 0.717) is 6.29 Å². The average Bonchev–Trinajstić information content (AvgIpc) is 2.79. The third-order valence-corrected chi connectivity index (χ3v) is 5.77. The van der Waals surface area contributed by atoms with Gasteiger partial charge in [0.25, 0.3) is 0 Å². The van der Waals surface area contributed by atoms with Gasteiger partial charge in [-0.3, -0.25) is 4.79 Å². The molecule has 0 aliphatic heterocycles. The minimum absolute atomic E-state index is 0.639. The molecular weight excluding hydrogens is 378 g/mol. The van der Waals surface area contributed by atoms with E-state index in [9.17, 15) is 0 Å². The number of allylic oxidation sites excluding steroid dienone is 2. The fourth-order valence-corrected chi connectivity index (χ4v) is 3.99. The van der Waals surface area contributed by atoms with Crippen LogP contribution in [0.4, 0.5) is 0 Å². The zero-order chi connectivity index (χ0) is 22.5. The molecule has 1 aliphatic carbocycles. The Balaban J connectivity index is 0.000000785. The second kappa shape index (κ2) is 13.8. The quantitative estimate of drug-likeness (QED) is 0.233. The molecule has 0 amide bonds. The summed E-state index contributed by atoms with van der Waals surface area (Å²) in [6.07, 6.45) is 14.4. The maximum absolute atomic E-state index is 9.06. The summed E-state index contributed by atoms with van der Waals surface area (Å²) in [5.41, 5.74) is 8.74. The number of carbonyl (C=O) groups is 1. The first-order valence-electron chi connectivity index (χ1n) is 11.7. The Hall–Kier alpha value is -2.45. The third kappa shape index (κ3) is 8.67. The van der Waals surface area contributed by atoms with Crippen molar-refractivity contribution in [2.24, 2.45) is 0 Å². The highest BCUT2D eigenvalue weighted by atomic mass is 16.1. The van der Waals surface area contributed by atoms with E-state index < -0.39 is 0 Å². The summed E-state index contributed by atoms with van der Waals surface area (Å²) in [6, 6.07) is 16.2. The smallest absolute Gasteiger partial charge is 0.142 e. The van der Waals surface area contributed by atoms with Gasteiger partial charge in [0.15, 0.2) is 0 Å². The normalized spacial score (nSPS) is 12.5. The Morgan fingerprint density at radius 2 is 1.65 bits per heavy atom. The first-order valence-corrected chi connectivity index (χ1v) is 11.7. The van der Waals surface area contributed by atoms with Crippen molar-refractivity contribution in [2.45, 2.75) is 58.3 Å². The minimum Gasteiger partial charge on any atom is -0.309 e. The molecule has 0 aromatic heterocycles. The summed E-state index contributed by atoms with van der Waals surface area (Å²) in [7, 11) is 4.28. The van der Waals surface area contributed by atoms with Crippen LogP contribution in [-0.4, -0.2) is 31.8 Å². The monoisotopic (exact) mass is 417 g/mol. The molecule has 166 valence electrons. The van der Waals surface area contributed by atoms with Crippen LogP contribution in [-0.2, 0) is 17.6 Å². The molecule has 0 N–H and O–H groups in total. The van der Waals surface area contributed by atoms with E-state index in [4.69, 9.17) is 4.79 Å². The Morgan fingerprint density at radius 1 is 0.935 bits per heavy atom. The Labute approximate surface area is 189 Å². The van der Waals surface area contributed by atoms with Crippen molar-refractivity contribution in [1.82, 2.24) is 4.90 Å². The average molecular weight is 418 g/mol. The lowest BCUT2D eigenvalue weighted by Gasteiger charge is -2.18. The number of rotatable bonds is 10. The van der Waals surface area contributed by atoms with Crippen molar-refractivity contribution in [1.29, 1.82) is 0 Å². The molecule has 3 rings (SSSR count). The molecule has 0 atom stereocenters. The number of aryl methyl sites for hydroxylation is 2. The van der Waals surface area contributed by atoms with Crippen molar-refractivity contribution in [3.05, 3.63) is 77.4 Å². The second-order valence-electron chi connectivity index (χ2n) is 8.65. The largest absolute Gasteiger partial charge is 0.309 e. The number of aldehydes is 1. The van der Waals surface area contributed by atoms with Gasteiger partial charge in [-0.15, -0.1) is 0 Å². The van der Waals surface area contributed by atoms with E-state index in [1.54, 1.807) is 5.57 Å². The summed E-state index contributed by atoms with van der Waals surface area (Å²) >= 11 is 0. The molecular formula is C29H39NO. The van der Waals surface area contributed by atoms with E-state index in [1.807, 2.05) is 0 Å². The number of nitrogens with zero attached hydrogens (tertiary/aromatic N) is 1. The Bertz CT molecular complexity index is 840. The van der Waals surface area contributed by atoms with Gasteiger partial charge in [0.05, 0.1) is 0 Å². The first-order chi connectivity index (χ1) is 15.1. The fourth-order valence-electron chi connectivity index (χ4n) is 3.99. The highest BCUT2D eigenvalue weighted by Gasteiger charge is 2.11. The lowest BCUT2D eigenvalue weighted by Crippen LogP contribution is -2.13. The molecule has 0 saturated heterocycles. The van der Waals surface area contributed by atoms with E-state index in [0.717, 1.165) is 13.0 Å². The van der Waals surface area contributed by atoms with Gasteiger partial charge in [-0.25, -0.2) is 0 Å². The van der Waals surface area contributed by atoms with Crippen molar-refractivity contribution in [3.63, 3.8) is 0 Å². The van der Waals surface area contributed by atoms with Crippen LogP contribution in [0.1, 0.15) is 62.1 Å². The maximum atomic E-state index is 9.06. The van der Waals surface area contributed by atoms with Gasteiger partial charge in [0, 0.05) is 0 Å². The zero-order valence-corrected chi connectivity index (χ0v) is 19.7. The molecule has 0 bridgehead atoms. The number of unbranched alkanes of at least 4 members (excludes halogenated alkanes) is 2. The first kappa shape index (κ1) is 24.8. The standard InChI is InChI=1S/C26H35N.C3H4O/c1-4-5-6-8-22-12-15-26-20-25(17-16-24(26)19-22)23-13-10-21(11-14-23)9-7-18-27(2)3;1-2-3-4/h10-11,13-14,16-17,19-20H,4-9,12,15,18H2,1-3H3;2-3H,1H2. The lowest BCUT2D eigenvalue weighted by molar-refractivity contribution is -0.104. The van der Waals surface area contributed by atoms with Crippen molar-refractivity contribution < 1.29 is 4.79 Å². The van der Waals surface area contributed by atoms with Crippen LogP contribution in [0.2, 0.25) is 0 Å². The number of hydrogen-bond acceptors (Lipinski definition) is 2. The number of benzene rings is 2. The lowest BCUT2D eigenvalue weighted by atomic mass is 9.87. The van der Waals surface area contributed by atoms with Crippen LogP contribution in [0, 0.1) is 0 Å². The number of carbonyl (C=O) groups excluding carboxylic acids is 1. The molecule has 2 heteroatoms. The molecule has 0 unspecified atom stereocenters. The molecule has 2 nitrogen and oxygen atoms in total. The number of fused-ring (bicyclic) bond motifs is 1. The summed E-state index contributed by atoms with van der Waals surface area (Å²) in [5, 5.41) is 0. The molecule has 0 spiro atoms. The van der Waals surface area contributed by atoms with Crippen LogP contribution in [0.15, 0.2) is 60.7 Å². The molecule has 2 aromatic carbocycles. The number of hydrogen-bond donors (Lipinski definition) is 0. The third-order valence-electron chi connectivity index (χ3n) is 5.77. The zero-order valence-electron chi connectivity index (χ0n) is 19.7. The summed E-state index contributed by atoms with van der Waals surface area (Å²) < 4.78 is 0. The van der Waals surface area contributed by atoms with Gasteiger partial charge < -0.3 is 4.90 Å². The van der Waals surface area contributed by atoms with Gasteiger partial charge in [-0.1, -0.05) is 80.5 Å². The van der Waals surface area contributed by atoms with Gasteiger partial charge in [-0.2, -0.15) is 0 Å². The maximum Gasteiger partial charge on any atom is 0.142 e. The van der Waals surface area contributed by atoms with Gasteiger partial charge in [0.1, 0.15) is 6.29 Å². The highest BCUT2D eigenvalue weighted by molar-refractivity contribution is 5.69. The van der Waals surface area contributed by atoms with Crippen LogP contribution < -0.4 is 0 Å². The van der Waals surface area contributed by atoms with E-state index in [1.165, 1.54) is 78.8 Å². The molecule has 0 fully saturated rings. The second-order valence-corrected chi connectivity index (χ2v) is 8.65. The Morgan fingerprint density at radius 3 is 2.29 bits per heavy atom. The molecule has 0 radical (unpaired) electrons. The molecule has 0 saturated carbocycles. The predicted molar refractivity (Wildman–Crippen MR) is 135 cm³/mol. The van der Waals surface area contributed by atoms with Crippen LogP contribution in [0.3, 0.4) is 0 Å². The van der Waals surface area contributed by atoms with Crippen LogP contribution in [0.25, 0.3) is 17.2 Å². The fraction of sp³-hybridized carbons (Fsp3) is 0.414. The molecule has 0 heterocycles. The van der Waals surface area contributed by atoms with Gasteiger partial charge in [-0.05, 0) is 93.1 Å². The SMILES string of the molecule is C=CC=O.CCCCCC1=Cc2ccc(-c3ccc(CCCN(C)C)cc3)cc2CC1. The van der Waals surface area contributed by atoms with E-state index in [-0.39, 0.29) is 0 Å². The van der Waals surface area contributed by atoms with Gasteiger partial charge in [0.2, 0.25) is 0 Å². The summed E-state index contributed by atoms with van der Waals surface area (Å²) in [5.74, 6) is 0.